The predicted molar refractivity (Wildman–Crippen MR) is 111 cm³/mol. The van der Waals surface area contributed by atoms with Crippen molar-refractivity contribution in [3.8, 4) is 0 Å². The molecule has 1 spiro atoms. The van der Waals surface area contributed by atoms with Crippen molar-refractivity contribution in [3.05, 3.63) is 0 Å². The zero-order valence-corrected chi connectivity index (χ0v) is 18.1. The Morgan fingerprint density at radius 1 is 0.778 bits per heavy atom. The number of hydrogen-bond acceptors (Lipinski definition) is 3. The standard InChI is InChI=1S/C23H42FN3/c1-4-25-11-7-22(8-12-25)17-27(18-22)19-23(24)9-13-26(14-10-23)16-21(5-6-21)15-20(2)3/h20H,4-19H2,1-3H3. The van der Waals surface area contributed by atoms with E-state index in [9.17, 15) is 0 Å². The molecule has 4 heteroatoms. The lowest BCUT2D eigenvalue weighted by molar-refractivity contribution is -0.0810. The summed E-state index contributed by atoms with van der Waals surface area (Å²) in [5.41, 5.74) is 0.177. The minimum Gasteiger partial charge on any atom is -0.304 e. The summed E-state index contributed by atoms with van der Waals surface area (Å²) < 4.78 is 15.5. The van der Waals surface area contributed by atoms with Crippen LogP contribution < -0.4 is 0 Å². The first-order valence-corrected chi connectivity index (χ1v) is 11.7. The van der Waals surface area contributed by atoms with Crippen LogP contribution in [0.4, 0.5) is 4.39 Å². The summed E-state index contributed by atoms with van der Waals surface area (Å²) in [6, 6.07) is 0. The van der Waals surface area contributed by atoms with Crippen molar-refractivity contribution in [2.24, 2.45) is 16.7 Å². The highest BCUT2D eigenvalue weighted by atomic mass is 19.1. The van der Waals surface area contributed by atoms with Crippen LogP contribution in [0.3, 0.4) is 0 Å². The van der Waals surface area contributed by atoms with Crippen molar-refractivity contribution >= 4 is 0 Å². The van der Waals surface area contributed by atoms with Crippen molar-refractivity contribution in [1.82, 2.24) is 14.7 Å². The maximum atomic E-state index is 15.5. The van der Waals surface area contributed by atoms with Crippen molar-refractivity contribution in [1.29, 1.82) is 0 Å². The lowest BCUT2D eigenvalue weighted by Gasteiger charge is -2.55. The minimum atomic E-state index is -0.934. The lowest BCUT2D eigenvalue weighted by atomic mass is 9.71. The van der Waals surface area contributed by atoms with Crippen LogP contribution in [-0.4, -0.2) is 79.3 Å². The molecule has 4 rings (SSSR count). The highest BCUT2D eigenvalue weighted by Gasteiger charge is 2.49. The molecule has 0 bridgehead atoms. The summed E-state index contributed by atoms with van der Waals surface area (Å²) in [5, 5.41) is 0. The predicted octanol–water partition coefficient (Wildman–Crippen LogP) is 4.03. The number of alkyl halides is 1. The van der Waals surface area contributed by atoms with Crippen molar-refractivity contribution < 1.29 is 4.39 Å². The van der Waals surface area contributed by atoms with Crippen LogP contribution in [0.1, 0.15) is 65.7 Å². The third-order valence-electron chi connectivity index (χ3n) is 8.10. The first-order valence-electron chi connectivity index (χ1n) is 11.7. The fraction of sp³-hybridized carbons (Fsp3) is 1.00. The summed E-state index contributed by atoms with van der Waals surface area (Å²) in [5.74, 6) is 0.792. The van der Waals surface area contributed by atoms with Gasteiger partial charge in [0.2, 0.25) is 0 Å². The van der Waals surface area contributed by atoms with Crippen LogP contribution in [0.25, 0.3) is 0 Å². The summed E-state index contributed by atoms with van der Waals surface area (Å²) in [7, 11) is 0. The van der Waals surface area contributed by atoms with E-state index < -0.39 is 5.67 Å². The smallest absolute Gasteiger partial charge is 0.126 e. The average molecular weight is 380 g/mol. The van der Waals surface area contributed by atoms with E-state index in [2.05, 4.69) is 35.5 Å². The molecule has 1 aliphatic carbocycles. The zero-order valence-electron chi connectivity index (χ0n) is 18.1. The van der Waals surface area contributed by atoms with Gasteiger partial charge in [-0.15, -0.1) is 0 Å². The Morgan fingerprint density at radius 2 is 1.37 bits per heavy atom. The molecule has 4 fully saturated rings. The average Bonchev–Trinajstić information content (AvgIpc) is 3.35. The number of likely N-dealkylation sites (tertiary alicyclic amines) is 3. The molecule has 0 N–H and O–H groups in total. The summed E-state index contributed by atoms with van der Waals surface area (Å²) in [6.07, 6.45) is 8.29. The minimum absolute atomic E-state index is 0.526. The Balaban J connectivity index is 1.18. The molecule has 3 heterocycles. The molecule has 0 aromatic heterocycles. The second kappa shape index (κ2) is 7.57. The molecule has 27 heavy (non-hydrogen) atoms. The highest BCUT2D eigenvalue weighted by Crippen LogP contribution is 2.51. The van der Waals surface area contributed by atoms with Gasteiger partial charge in [-0.2, -0.15) is 0 Å². The van der Waals surface area contributed by atoms with E-state index in [1.165, 1.54) is 58.3 Å². The normalized spacial score (nSPS) is 30.6. The van der Waals surface area contributed by atoms with Gasteiger partial charge in [-0.25, -0.2) is 4.39 Å². The van der Waals surface area contributed by atoms with Gasteiger partial charge in [0, 0.05) is 39.3 Å². The fourth-order valence-electron chi connectivity index (χ4n) is 6.29. The first kappa shape index (κ1) is 20.1. The summed E-state index contributed by atoms with van der Waals surface area (Å²) >= 11 is 0. The summed E-state index contributed by atoms with van der Waals surface area (Å²) in [4.78, 5) is 7.57. The number of halogens is 1. The van der Waals surface area contributed by atoms with Gasteiger partial charge in [-0.05, 0) is 81.3 Å². The van der Waals surface area contributed by atoms with Crippen LogP contribution >= 0.6 is 0 Å². The Morgan fingerprint density at radius 3 is 1.89 bits per heavy atom. The number of hydrogen-bond donors (Lipinski definition) is 0. The molecular formula is C23H42FN3. The van der Waals surface area contributed by atoms with Crippen LogP contribution in [0.5, 0.6) is 0 Å². The van der Waals surface area contributed by atoms with Crippen LogP contribution in [-0.2, 0) is 0 Å². The number of rotatable bonds is 7. The Kier molecular flexibility index (Phi) is 5.64. The van der Waals surface area contributed by atoms with E-state index >= 15 is 4.39 Å². The number of nitrogens with zero attached hydrogens (tertiary/aromatic N) is 3. The fourth-order valence-corrected chi connectivity index (χ4v) is 6.29. The van der Waals surface area contributed by atoms with Crippen LogP contribution in [0, 0.1) is 16.7 Å². The third kappa shape index (κ3) is 4.70. The van der Waals surface area contributed by atoms with Gasteiger partial charge in [-0.1, -0.05) is 20.8 Å². The maximum Gasteiger partial charge on any atom is 0.126 e. The second-order valence-corrected chi connectivity index (χ2v) is 11.1. The van der Waals surface area contributed by atoms with E-state index in [0.717, 1.165) is 44.9 Å². The van der Waals surface area contributed by atoms with E-state index in [4.69, 9.17) is 0 Å². The van der Waals surface area contributed by atoms with Crippen molar-refractivity contribution in [3.63, 3.8) is 0 Å². The molecule has 0 aromatic carbocycles. The highest BCUT2D eigenvalue weighted by molar-refractivity contribution is 5.02. The van der Waals surface area contributed by atoms with Gasteiger partial charge in [0.1, 0.15) is 5.67 Å². The second-order valence-electron chi connectivity index (χ2n) is 11.1. The Labute approximate surface area is 166 Å². The monoisotopic (exact) mass is 379 g/mol. The van der Waals surface area contributed by atoms with E-state index in [1.54, 1.807) is 0 Å². The molecule has 0 amide bonds. The van der Waals surface area contributed by atoms with E-state index in [-0.39, 0.29) is 0 Å². The molecule has 0 aromatic rings. The molecule has 4 aliphatic rings. The molecule has 3 nitrogen and oxygen atoms in total. The zero-order chi connectivity index (χ0) is 19.1. The third-order valence-corrected chi connectivity index (χ3v) is 8.10. The molecule has 0 radical (unpaired) electrons. The quantitative estimate of drug-likeness (QED) is 0.661. The summed E-state index contributed by atoms with van der Waals surface area (Å²) in [6.45, 7) is 16.8. The molecule has 3 aliphatic heterocycles. The van der Waals surface area contributed by atoms with Crippen LogP contribution in [0.15, 0.2) is 0 Å². The number of piperidine rings is 2. The first-order chi connectivity index (χ1) is 12.8. The molecule has 0 atom stereocenters. The van der Waals surface area contributed by atoms with E-state index in [0.29, 0.717) is 17.4 Å². The van der Waals surface area contributed by atoms with E-state index in [1.807, 2.05) is 0 Å². The largest absolute Gasteiger partial charge is 0.304 e. The maximum absolute atomic E-state index is 15.5. The molecule has 0 unspecified atom stereocenters. The van der Waals surface area contributed by atoms with Gasteiger partial charge >= 0.3 is 0 Å². The van der Waals surface area contributed by atoms with Gasteiger partial charge < -0.3 is 9.80 Å². The van der Waals surface area contributed by atoms with Gasteiger partial charge in [0.25, 0.3) is 0 Å². The molecular weight excluding hydrogens is 337 g/mol. The SMILES string of the molecule is CCN1CCC2(CC1)CN(CC1(F)CCN(CC3(CC(C)C)CC3)CC1)C2. The molecule has 3 saturated heterocycles. The van der Waals surface area contributed by atoms with Crippen LogP contribution in [0.2, 0.25) is 0 Å². The molecule has 1 saturated carbocycles. The van der Waals surface area contributed by atoms with Gasteiger partial charge in [0.05, 0.1) is 0 Å². The van der Waals surface area contributed by atoms with Gasteiger partial charge in [0.15, 0.2) is 0 Å². The van der Waals surface area contributed by atoms with Crippen molar-refractivity contribution in [2.75, 3.05) is 58.9 Å². The topological polar surface area (TPSA) is 9.72 Å². The van der Waals surface area contributed by atoms with Crippen molar-refractivity contribution in [2.45, 2.75) is 71.4 Å². The Bertz CT molecular complexity index is 492. The lowest BCUT2D eigenvalue weighted by Crippen LogP contribution is -2.63. The Hall–Kier alpha value is -0.190. The van der Waals surface area contributed by atoms with Gasteiger partial charge in [-0.3, -0.25) is 4.90 Å². The molecule has 156 valence electrons.